The van der Waals surface area contributed by atoms with E-state index >= 15 is 0 Å². The minimum atomic E-state index is -3.48. The summed E-state index contributed by atoms with van der Waals surface area (Å²) >= 11 is 1.48. The number of nitrogens with zero attached hydrogens (tertiary/aromatic N) is 2. The fourth-order valence-corrected chi connectivity index (χ4v) is 4.16. The van der Waals surface area contributed by atoms with Gasteiger partial charge in [0.25, 0.3) is 5.89 Å². The molecule has 0 fully saturated rings. The van der Waals surface area contributed by atoms with E-state index in [-0.39, 0.29) is 23.1 Å². The lowest BCUT2D eigenvalue weighted by atomic mass is 10.1. The van der Waals surface area contributed by atoms with Crippen molar-refractivity contribution in [2.75, 3.05) is 0 Å². The number of rotatable bonds is 5. The number of aromatic nitrogens is 2. The highest BCUT2D eigenvalue weighted by atomic mass is 32.2. The average molecular weight is 352 g/mol. The Labute approximate surface area is 136 Å². The van der Waals surface area contributed by atoms with Crippen molar-refractivity contribution in [1.29, 1.82) is 0 Å². The van der Waals surface area contributed by atoms with Gasteiger partial charge in [-0.15, -0.1) is 0 Å². The van der Waals surface area contributed by atoms with Gasteiger partial charge in [0.05, 0.1) is 11.3 Å². The third-order valence-electron chi connectivity index (χ3n) is 3.27. The summed E-state index contributed by atoms with van der Waals surface area (Å²) in [6, 6.07) is 5.86. The van der Waals surface area contributed by atoms with Crippen LogP contribution in [0.5, 0.6) is 0 Å². The second-order valence-corrected chi connectivity index (χ2v) is 7.98. The quantitative estimate of drug-likeness (QED) is 0.704. The van der Waals surface area contributed by atoms with Gasteiger partial charge in [-0.3, -0.25) is 0 Å². The van der Waals surface area contributed by atoms with Crippen LogP contribution < -0.4 is 0 Å². The summed E-state index contributed by atoms with van der Waals surface area (Å²) in [6.07, 6.45) is 0. The molecule has 1 aromatic carbocycles. The van der Waals surface area contributed by atoms with E-state index in [1.165, 1.54) is 29.5 Å². The van der Waals surface area contributed by atoms with E-state index in [2.05, 4.69) is 10.1 Å². The topological polar surface area (TPSA) is 73.1 Å². The fraction of sp³-hybridized carbons (Fsp3) is 0.200. The molecule has 0 spiro atoms. The van der Waals surface area contributed by atoms with Gasteiger partial charge in [0.2, 0.25) is 0 Å². The summed E-state index contributed by atoms with van der Waals surface area (Å²) in [5, 5.41) is 7.42. The van der Waals surface area contributed by atoms with Crippen LogP contribution in [0.3, 0.4) is 0 Å². The standard InChI is InChI=1S/C15H13FN2O3S2/c1-10-6-13(16)3-2-12(10)8-23(19,20)9-14-17-15(21-18-14)11-4-5-22-7-11/h2-7H,8-9H2,1H3. The zero-order valence-corrected chi connectivity index (χ0v) is 13.8. The van der Waals surface area contributed by atoms with E-state index in [1.807, 2.05) is 16.8 Å². The summed E-state index contributed by atoms with van der Waals surface area (Å²) in [4.78, 5) is 4.11. The zero-order valence-electron chi connectivity index (χ0n) is 12.2. The Morgan fingerprint density at radius 2 is 2.09 bits per heavy atom. The summed E-state index contributed by atoms with van der Waals surface area (Å²) in [6.45, 7) is 1.68. The highest BCUT2D eigenvalue weighted by molar-refractivity contribution is 7.89. The molecule has 0 aliphatic rings. The number of aryl methyl sites for hydroxylation is 1. The molecule has 0 aliphatic heterocycles. The molecule has 23 heavy (non-hydrogen) atoms. The first-order chi connectivity index (χ1) is 10.9. The number of hydrogen-bond acceptors (Lipinski definition) is 6. The maximum Gasteiger partial charge on any atom is 0.258 e. The van der Waals surface area contributed by atoms with Crippen LogP contribution in [0, 0.1) is 12.7 Å². The molecule has 8 heteroatoms. The SMILES string of the molecule is Cc1cc(F)ccc1CS(=O)(=O)Cc1noc(-c2ccsc2)n1. The largest absolute Gasteiger partial charge is 0.334 e. The van der Waals surface area contributed by atoms with Gasteiger partial charge < -0.3 is 4.52 Å². The molecule has 120 valence electrons. The second kappa shape index (κ2) is 6.21. The van der Waals surface area contributed by atoms with Crippen LogP contribution in [0.25, 0.3) is 11.5 Å². The molecule has 0 amide bonds. The van der Waals surface area contributed by atoms with Crippen molar-refractivity contribution in [1.82, 2.24) is 10.1 Å². The van der Waals surface area contributed by atoms with Crippen LogP contribution in [-0.2, 0) is 21.3 Å². The Kier molecular flexibility index (Phi) is 4.27. The normalized spacial score (nSPS) is 11.7. The van der Waals surface area contributed by atoms with E-state index in [1.54, 1.807) is 6.92 Å². The monoisotopic (exact) mass is 352 g/mol. The molecule has 0 saturated carbocycles. The van der Waals surface area contributed by atoms with Gasteiger partial charge in [0.1, 0.15) is 11.6 Å². The third-order valence-corrected chi connectivity index (χ3v) is 5.40. The number of halogens is 1. The molecule has 2 aromatic heterocycles. The van der Waals surface area contributed by atoms with Gasteiger partial charge in [-0.1, -0.05) is 11.2 Å². The van der Waals surface area contributed by atoms with Crippen molar-refractivity contribution < 1.29 is 17.3 Å². The molecule has 0 bridgehead atoms. The van der Waals surface area contributed by atoms with Gasteiger partial charge in [-0.2, -0.15) is 16.3 Å². The van der Waals surface area contributed by atoms with Crippen molar-refractivity contribution >= 4 is 21.2 Å². The number of benzene rings is 1. The highest BCUT2D eigenvalue weighted by Gasteiger charge is 2.19. The van der Waals surface area contributed by atoms with Crippen molar-refractivity contribution in [3.63, 3.8) is 0 Å². The molecule has 0 unspecified atom stereocenters. The molecule has 0 saturated heterocycles. The van der Waals surface area contributed by atoms with E-state index in [0.717, 1.165) is 5.56 Å². The first-order valence-corrected chi connectivity index (χ1v) is 9.50. The van der Waals surface area contributed by atoms with Gasteiger partial charge in [0, 0.05) is 5.38 Å². The lowest BCUT2D eigenvalue weighted by molar-refractivity contribution is 0.424. The van der Waals surface area contributed by atoms with Gasteiger partial charge >= 0.3 is 0 Å². The first kappa shape index (κ1) is 15.8. The number of thiophene rings is 1. The van der Waals surface area contributed by atoms with Gasteiger partial charge in [0.15, 0.2) is 15.7 Å². The van der Waals surface area contributed by atoms with Crippen LogP contribution in [0.15, 0.2) is 39.5 Å². The first-order valence-electron chi connectivity index (χ1n) is 6.73. The second-order valence-electron chi connectivity index (χ2n) is 5.13. The molecule has 2 heterocycles. The lowest BCUT2D eigenvalue weighted by Gasteiger charge is -2.06. The van der Waals surface area contributed by atoms with Crippen LogP contribution in [-0.4, -0.2) is 18.6 Å². The van der Waals surface area contributed by atoms with Crippen LogP contribution >= 0.6 is 11.3 Å². The van der Waals surface area contributed by atoms with Crippen LogP contribution in [0.1, 0.15) is 17.0 Å². The summed E-state index contributed by atoms with van der Waals surface area (Å²) in [7, 11) is -3.48. The summed E-state index contributed by atoms with van der Waals surface area (Å²) in [5.41, 5.74) is 1.93. The Balaban J connectivity index is 1.76. The minimum absolute atomic E-state index is 0.117. The Hall–Kier alpha value is -2.06. The molecule has 3 aromatic rings. The molecule has 5 nitrogen and oxygen atoms in total. The fourth-order valence-electron chi connectivity index (χ4n) is 2.12. The van der Waals surface area contributed by atoms with Crippen molar-refractivity contribution in [2.24, 2.45) is 0 Å². The smallest absolute Gasteiger partial charge is 0.258 e. The van der Waals surface area contributed by atoms with E-state index in [9.17, 15) is 12.8 Å². The Morgan fingerprint density at radius 3 is 2.78 bits per heavy atom. The molecular formula is C15H13FN2O3S2. The van der Waals surface area contributed by atoms with E-state index in [0.29, 0.717) is 17.0 Å². The number of sulfone groups is 1. The molecule has 0 N–H and O–H groups in total. The van der Waals surface area contributed by atoms with E-state index < -0.39 is 9.84 Å². The summed E-state index contributed by atoms with van der Waals surface area (Å²) < 4.78 is 42.7. The molecule has 0 atom stereocenters. The van der Waals surface area contributed by atoms with Gasteiger partial charge in [-0.25, -0.2) is 12.8 Å². The van der Waals surface area contributed by atoms with Crippen molar-refractivity contribution in [3.8, 4) is 11.5 Å². The maximum atomic E-state index is 13.1. The molecule has 0 radical (unpaired) electrons. The Bertz CT molecular complexity index is 918. The average Bonchev–Trinajstić information content (AvgIpc) is 3.12. The Morgan fingerprint density at radius 1 is 1.26 bits per heavy atom. The zero-order chi connectivity index (χ0) is 16.4. The molecule has 0 aliphatic carbocycles. The van der Waals surface area contributed by atoms with Crippen LogP contribution in [0.4, 0.5) is 4.39 Å². The number of hydrogen-bond donors (Lipinski definition) is 0. The highest BCUT2D eigenvalue weighted by Crippen LogP contribution is 2.21. The third kappa shape index (κ3) is 3.83. The van der Waals surface area contributed by atoms with Crippen molar-refractivity contribution in [2.45, 2.75) is 18.4 Å². The minimum Gasteiger partial charge on any atom is -0.334 e. The van der Waals surface area contributed by atoms with Crippen molar-refractivity contribution in [3.05, 3.63) is 57.8 Å². The predicted molar refractivity (Wildman–Crippen MR) is 85.1 cm³/mol. The predicted octanol–water partition coefficient (Wildman–Crippen LogP) is 3.36. The molecule has 3 rings (SSSR count). The molecular weight excluding hydrogens is 339 g/mol. The van der Waals surface area contributed by atoms with Gasteiger partial charge in [-0.05, 0) is 41.6 Å². The maximum absolute atomic E-state index is 13.1. The lowest BCUT2D eigenvalue weighted by Crippen LogP contribution is -2.09. The van der Waals surface area contributed by atoms with E-state index in [4.69, 9.17) is 4.52 Å². The summed E-state index contributed by atoms with van der Waals surface area (Å²) in [5.74, 6) is -0.485. The van der Waals surface area contributed by atoms with Crippen LogP contribution in [0.2, 0.25) is 0 Å².